The second kappa shape index (κ2) is 7.57. The highest BCUT2D eigenvalue weighted by Crippen LogP contribution is 2.24. The molecule has 1 saturated heterocycles. The van der Waals surface area contributed by atoms with Crippen LogP contribution in [0.4, 0.5) is 16.2 Å². The normalized spacial score (nSPS) is 14.3. The van der Waals surface area contributed by atoms with Gasteiger partial charge in [0.15, 0.2) is 0 Å². The first-order valence-corrected chi connectivity index (χ1v) is 9.00. The summed E-state index contributed by atoms with van der Waals surface area (Å²) in [6, 6.07) is 9.80. The SMILES string of the molecule is COC(=O)c1sccc1NC(=O)N1CCN(c2ccccc2C)CC1. The number of nitrogens with one attached hydrogen (secondary N) is 1. The third-order valence-corrected chi connectivity index (χ3v) is 5.20. The molecule has 1 aromatic carbocycles. The molecule has 2 aromatic rings. The van der Waals surface area contributed by atoms with Gasteiger partial charge >= 0.3 is 12.0 Å². The molecule has 2 heterocycles. The van der Waals surface area contributed by atoms with E-state index in [9.17, 15) is 9.59 Å². The monoisotopic (exact) mass is 359 g/mol. The van der Waals surface area contributed by atoms with Crippen LogP contribution in [0.3, 0.4) is 0 Å². The van der Waals surface area contributed by atoms with Crippen LogP contribution in [0.5, 0.6) is 0 Å². The van der Waals surface area contributed by atoms with Crippen molar-refractivity contribution < 1.29 is 14.3 Å². The molecule has 0 aliphatic carbocycles. The molecular weight excluding hydrogens is 338 g/mol. The molecule has 1 aromatic heterocycles. The van der Waals surface area contributed by atoms with Gasteiger partial charge in [-0.1, -0.05) is 18.2 Å². The predicted molar refractivity (Wildman–Crippen MR) is 99.6 cm³/mol. The number of urea groups is 1. The number of thiophene rings is 1. The van der Waals surface area contributed by atoms with E-state index in [0.717, 1.165) is 13.1 Å². The van der Waals surface area contributed by atoms with Crippen LogP contribution in [-0.2, 0) is 4.74 Å². The molecule has 132 valence electrons. The van der Waals surface area contributed by atoms with Gasteiger partial charge in [0, 0.05) is 31.9 Å². The Balaban J connectivity index is 1.60. The standard InChI is InChI=1S/C18H21N3O3S/c1-13-5-3-4-6-15(13)20-8-10-21(11-9-20)18(23)19-14-7-12-25-16(14)17(22)24-2/h3-7,12H,8-11H2,1-2H3,(H,19,23). The van der Waals surface area contributed by atoms with Crippen LogP contribution in [0.25, 0.3) is 0 Å². The Bertz CT molecular complexity index is 766. The Morgan fingerprint density at radius 2 is 1.84 bits per heavy atom. The van der Waals surface area contributed by atoms with E-state index in [2.05, 4.69) is 29.3 Å². The lowest BCUT2D eigenvalue weighted by Crippen LogP contribution is -2.50. The summed E-state index contributed by atoms with van der Waals surface area (Å²) in [6.45, 7) is 4.94. The summed E-state index contributed by atoms with van der Waals surface area (Å²) in [5, 5.41) is 4.58. The van der Waals surface area contributed by atoms with Crippen LogP contribution in [0, 0.1) is 6.92 Å². The lowest BCUT2D eigenvalue weighted by atomic mass is 10.1. The Morgan fingerprint density at radius 3 is 2.52 bits per heavy atom. The van der Waals surface area contributed by atoms with Crippen molar-refractivity contribution in [2.24, 2.45) is 0 Å². The lowest BCUT2D eigenvalue weighted by molar-refractivity contribution is 0.0607. The average molecular weight is 359 g/mol. The van der Waals surface area contributed by atoms with Gasteiger partial charge in [-0.05, 0) is 30.0 Å². The van der Waals surface area contributed by atoms with Crippen molar-refractivity contribution in [2.45, 2.75) is 6.92 Å². The average Bonchev–Trinajstić information content (AvgIpc) is 3.09. The fraction of sp³-hybridized carbons (Fsp3) is 0.333. The zero-order valence-electron chi connectivity index (χ0n) is 14.3. The molecule has 1 fully saturated rings. The van der Waals surface area contributed by atoms with Crippen LogP contribution in [-0.4, -0.2) is 50.2 Å². The first-order chi connectivity index (χ1) is 12.1. The fourth-order valence-electron chi connectivity index (χ4n) is 2.92. The zero-order valence-corrected chi connectivity index (χ0v) is 15.1. The number of piperazine rings is 1. The third-order valence-electron chi connectivity index (χ3n) is 4.30. The number of carbonyl (C=O) groups is 2. The Hall–Kier alpha value is -2.54. The number of para-hydroxylation sites is 1. The van der Waals surface area contributed by atoms with Crippen LogP contribution < -0.4 is 10.2 Å². The van der Waals surface area contributed by atoms with Gasteiger partial charge in [0.25, 0.3) is 0 Å². The van der Waals surface area contributed by atoms with E-state index < -0.39 is 5.97 Å². The second-order valence-corrected chi connectivity index (χ2v) is 6.76. The number of methoxy groups -OCH3 is 1. The fourth-order valence-corrected chi connectivity index (χ4v) is 3.69. The first kappa shape index (κ1) is 17.3. The van der Waals surface area contributed by atoms with Crippen molar-refractivity contribution in [2.75, 3.05) is 43.5 Å². The molecule has 0 saturated carbocycles. The highest BCUT2D eigenvalue weighted by atomic mass is 32.1. The molecule has 6 nitrogen and oxygen atoms in total. The second-order valence-electron chi connectivity index (χ2n) is 5.85. The summed E-state index contributed by atoms with van der Waals surface area (Å²) in [6.07, 6.45) is 0. The van der Waals surface area contributed by atoms with Crippen molar-refractivity contribution in [3.63, 3.8) is 0 Å². The molecule has 1 aliphatic rings. The molecule has 1 aliphatic heterocycles. The molecular formula is C18H21N3O3S. The number of hydrogen-bond donors (Lipinski definition) is 1. The third kappa shape index (κ3) is 3.76. The van der Waals surface area contributed by atoms with E-state index in [4.69, 9.17) is 4.74 Å². The van der Waals surface area contributed by atoms with Crippen LogP contribution in [0.1, 0.15) is 15.2 Å². The maximum Gasteiger partial charge on any atom is 0.350 e. The van der Waals surface area contributed by atoms with Crippen molar-refractivity contribution in [1.82, 2.24) is 4.90 Å². The van der Waals surface area contributed by atoms with Crippen molar-refractivity contribution >= 4 is 34.7 Å². The van der Waals surface area contributed by atoms with E-state index in [1.54, 1.807) is 16.3 Å². The van der Waals surface area contributed by atoms with Gasteiger partial charge in [-0.25, -0.2) is 9.59 Å². The van der Waals surface area contributed by atoms with Gasteiger partial charge in [-0.2, -0.15) is 0 Å². The lowest BCUT2D eigenvalue weighted by Gasteiger charge is -2.36. The quantitative estimate of drug-likeness (QED) is 0.855. The molecule has 25 heavy (non-hydrogen) atoms. The molecule has 0 atom stereocenters. The molecule has 0 radical (unpaired) electrons. The van der Waals surface area contributed by atoms with Gasteiger partial charge in [-0.3, -0.25) is 0 Å². The maximum atomic E-state index is 12.5. The van der Waals surface area contributed by atoms with Gasteiger partial charge < -0.3 is 19.9 Å². The van der Waals surface area contributed by atoms with Crippen molar-refractivity contribution in [3.05, 3.63) is 46.2 Å². The minimum Gasteiger partial charge on any atom is -0.465 e. The number of hydrogen-bond acceptors (Lipinski definition) is 5. The molecule has 0 spiro atoms. The molecule has 0 bridgehead atoms. The number of ether oxygens (including phenoxy) is 1. The smallest absolute Gasteiger partial charge is 0.350 e. The first-order valence-electron chi connectivity index (χ1n) is 8.12. The largest absolute Gasteiger partial charge is 0.465 e. The predicted octanol–water partition coefficient (Wildman–Crippen LogP) is 3.20. The highest BCUT2D eigenvalue weighted by Gasteiger charge is 2.23. The number of amides is 2. The molecule has 2 amide bonds. The minimum atomic E-state index is -0.435. The molecule has 7 heteroatoms. The van der Waals surface area contributed by atoms with Gasteiger partial charge in [0.2, 0.25) is 0 Å². The van der Waals surface area contributed by atoms with Gasteiger partial charge in [-0.15, -0.1) is 11.3 Å². The summed E-state index contributed by atoms with van der Waals surface area (Å²) in [7, 11) is 1.33. The number of esters is 1. The van der Waals surface area contributed by atoms with E-state index in [1.165, 1.54) is 29.7 Å². The summed E-state index contributed by atoms with van der Waals surface area (Å²) >= 11 is 1.25. The minimum absolute atomic E-state index is 0.187. The van der Waals surface area contributed by atoms with Crippen molar-refractivity contribution in [1.29, 1.82) is 0 Å². The van der Waals surface area contributed by atoms with Gasteiger partial charge in [0.1, 0.15) is 4.88 Å². The number of carbonyl (C=O) groups excluding carboxylic acids is 2. The molecule has 1 N–H and O–H groups in total. The van der Waals surface area contributed by atoms with Crippen LogP contribution in [0.2, 0.25) is 0 Å². The Morgan fingerprint density at radius 1 is 1.12 bits per heavy atom. The summed E-state index contributed by atoms with van der Waals surface area (Å²) in [4.78, 5) is 28.7. The highest BCUT2D eigenvalue weighted by molar-refractivity contribution is 7.12. The Kier molecular flexibility index (Phi) is 5.23. The molecule has 0 unspecified atom stereocenters. The van der Waals surface area contributed by atoms with Crippen LogP contribution >= 0.6 is 11.3 Å². The number of benzene rings is 1. The van der Waals surface area contributed by atoms with E-state index in [1.807, 2.05) is 12.1 Å². The topological polar surface area (TPSA) is 61.9 Å². The van der Waals surface area contributed by atoms with E-state index in [0.29, 0.717) is 23.7 Å². The van der Waals surface area contributed by atoms with Gasteiger partial charge in [0.05, 0.1) is 12.8 Å². The maximum absolute atomic E-state index is 12.5. The zero-order chi connectivity index (χ0) is 17.8. The summed E-state index contributed by atoms with van der Waals surface area (Å²) in [5.74, 6) is -0.435. The van der Waals surface area contributed by atoms with Crippen molar-refractivity contribution in [3.8, 4) is 0 Å². The van der Waals surface area contributed by atoms with E-state index in [-0.39, 0.29) is 6.03 Å². The number of aryl methyl sites for hydroxylation is 1. The summed E-state index contributed by atoms with van der Waals surface area (Å²) in [5.41, 5.74) is 2.96. The van der Waals surface area contributed by atoms with Crippen LogP contribution in [0.15, 0.2) is 35.7 Å². The number of nitrogens with zero attached hydrogens (tertiary/aromatic N) is 2. The number of rotatable bonds is 3. The van der Waals surface area contributed by atoms with E-state index >= 15 is 0 Å². The Labute approximate surface area is 151 Å². The summed E-state index contributed by atoms with van der Waals surface area (Å²) < 4.78 is 4.74. The number of anilines is 2. The molecule has 3 rings (SSSR count).